The summed E-state index contributed by atoms with van der Waals surface area (Å²) in [5.41, 5.74) is 2.85. The van der Waals surface area contributed by atoms with Crippen LogP contribution in [0.5, 0.6) is 0 Å². The number of hydrazine groups is 1. The molecule has 0 bridgehead atoms. The van der Waals surface area contributed by atoms with Gasteiger partial charge in [0.05, 0.1) is 18.7 Å². The van der Waals surface area contributed by atoms with Gasteiger partial charge in [-0.1, -0.05) is 0 Å². The van der Waals surface area contributed by atoms with Crippen LogP contribution in [0.15, 0.2) is 6.20 Å². The van der Waals surface area contributed by atoms with E-state index in [9.17, 15) is 4.79 Å². The molecule has 0 spiro atoms. The minimum absolute atomic E-state index is 0.214. The predicted molar refractivity (Wildman–Crippen MR) is 64.6 cm³/mol. The fraction of sp³-hybridized carbons (Fsp3) is 0.333. The van der Waals surface area contributed by atoms with Crippen molar-refractivity contribution in [3.8, 4) is 0 Å². The number of anilines is 2. The first-order chi connectivity index (χ1) is 8.65. The summed E-state index contributed by atoms with van der Waals surface area (Å²) in [6.07, 6.45) is 1.56. The number of hydrogen-bond acceptors (Lipinski definition) is 8. The van der Waals surface area contributed by atoms with Gasteiger partial charge >= 0.3 is 5.97 Å². The highest BCUT2D eigenvalue weighted by Crippen LogP contribution is 2.20. The molecule has 0 radical (unpaired) electrons. The first-order valence-corrected chi connectivity index (χ1v) is 5.17. The van der Waals surface area contributed by atoms with Gasteiger partial charge in [0.15, 0.2) is 5.65 Å². The summed E-state index contributed by atoms with van der Waals surface area (Å²) >= 11 is 0. The number of fused-ring (bicyclic) bond motifs is 1. The van der Waals surface area contributed by atoms with Crippen molar-refractivity contribution in [1.82, 2.24) is 20.2 Å². The Balaban J connectivity index is 2.36. The Labute approximate surface area is 102 Å². The van der Waals surface area contributed by atoms with E-state index in [1.54, 1.807) is 13.1 Å². The smallest absolute Gasteiger partial charge is 0.328 e. The number of nitrogens with one attached hydrogen (secondary N) is 3. The number of carbonyl (C=O) groups is 1. The molecule has 9 nitrogen and oxygen atoms in total. The van der Waals surface area contributed by atoms with Gasteiger partial charge in [0.2, 0.25) is 5.95 Å². The molecule has 5 N–H and O–H groups in total. The molecule has 1 unspecified atom stereocenters. The maximum atomic E-state index is 11.4. The van der Waals surface area contributed by atoms with Crippen LogP contribution in [0, 0.1) is 0 Å². The van der Waals surface area contributed by atoms with E-state index in [1.807, 2.05) is 0 Å². The topological polar surface area (TPSA) is 131 Å². The largest absolute Gasteiger partial charge is 0.467 e. The molecule has 1 atom stereocenters. The summed E-state index contributed by atoms with van der Waals surface area (Å²) in [4.78, 5) is 19.5. The Hall–Kier alpha value is -2.42. The zero-order valence-electron chi connectivity index (χ0n) is 9.89. The predicted octanol–water partition coefficient (Wildman–Crippen LogP) is -0.388. The molecule has 2 aromatic heterocycles. The minimum Gasteiger partial charge on any atom is -0.467 e. The lowest BCUT2D eigenvalue weighted by Gasteiger charge is -2.13. The molecule has 0 fully saturated rings. The Morgan fingerprint density at radius 1 is 1.56 bits per heavy atom. The number of nitrogen functional groups attached to an aromatic ring is 1. The van der Waals surface area contributed by atoms with E-state index < -0.39 is 12.0 Å². The summed E-state index contributed by atoms with van der Waals surface area (Å²) in [5.74, 6) is 5.53. The van der Waals surface area contributed by atoms with Gasteiger partial charge in [0, 0.05) is 0 Å². The third-order valence-corrected chi connectivity index (χ3v) is 2.35. The first-order valence-electron chi connectivity index (χ1n) is 5.17. The molecule has 2 heterocycles. The Kier molecular flexibility index (Phi) is 3.24. The van der Waals surface area contributed by atoms with E-state index in [0.717, 1.165) is 0 Å². The second kappa shape index (κ2) is 4.84. The zero-order valence-corrected chi connectivity index (χ0v) is 9.89. The number of methoxy groups -OCH3 is 1. The summed E-state index contributed by atoms with van der Waals surface area (Å²) in [6, 6.07) is -0.548. The van der Waals surface area contributed by atoms with Gasteiger partial charge < -0.3 is 10.1 Å². The number of aromatic amines is 1. The fourth-order valence-corrected chi connectivity index (χ4v) is 1.45. The first kappa shape index (κ1) is 12.0. The van der Waals surface area contributed by atoms with Gasteiger partial charge in [-0.05, 0) is 6.92 Å². The van der Waals surface area contributed by atoms with Crippen LogP contribution in [-0.2, 0) is 9.53 Å². The lowest BCUT2D eigenvalue weighted by Crippen LogP contribution is -2.28. The van der Waals surface area contributed by atoms with Crippen LogP contribution in [0.2, 0.25) is 0 Å². The maximum Gasteiger partial charge on any atom is 0.328 e. The van der Waals surface area contributed by atoms with E-state index in [0.29, 0.717) is 16.9 Å². The molecule has 0 saturated heterocycles. The number of ether oxygens (including phenoxy) is 1. The van der Waals surface area contributed by atoms with Crippen LogP contribution in [0.3, 0.4) is 0 Å². The van der Waals surface area contributed by atoms with Crippen molar-refractivity contribution in [1.29, 1.82) is 0 Å². The third-order valence-electron chi connectivity index (χ3n) is 2.35. The molecule has 0 saturated carbocycles. The van der Waals surface area contributed by atoms with Gasteiger partial charge in [0.25, 0.3) is 0 Å². The third kappa shape index (κ3) is 2.15. The standard InChI is InChI=1S/C9H13N7O2/c1-4(8(17)18-2)12-6-5-3-11-16-7(5)14-9(13-6)15-10/h3-4H,10H2,1-2H3,(H3,11,12,13,14,15,16). The van der Waals surface area contributed by atoms with Gasteiger partial charge in [-0.25, -0.2) is 10.6 Å². The Morgan fingerprint density at radius 3 is 3.00 bits per heavy atom. The van der Waals surface area contributed by atoms with Gasteiger partial charge in [-0.2, -0.15) is 15.1 Å². The van der Waals surface area contributed by atoms with E-state index in [2.05, 4.69) is 35.6 Å². The monoisotopic (exact) mass is 251 g/mol. The van der Waals surface area contributed by atoms with E-state index >= 15 is 0 Å². The van der Waals surface area contributed by atoms with Crippen molar-refractivity contribution in [2.24, 2.45) is 5.84 Å². The number of H-pyrrole nitrogens is 1. The average molecular weight is 251 g/mol. The van der Waals surface area contributed by atoms with Crippen LogP contribution < -0.4 is 16.6 Å². The fourth-order valence-electron chi connectivity index (χ4n) is 1.45. The molecule has 0 amide bonds. The van der Waals surface area contributed by atoms with Crippen molar-refractivity contribution in [3.63, 3.8) is 0 Å². The van der Waals surface area contributed by atoms with Crippen LogP contribution in [0.1, 0.15) is 6.92 Å². The highest BCUT2D eigenvalue weighted by molar-refractivity contribution is 5.89. The number of hydrogen-bond donors (Lipinski definition) is 4. The Morgan fingerprint density at radius 2 is 2.33 bits per heavy atom. The van der Waals surface area contributed by atoms with Crippen molar-refractivity contribution in [3.05, 3.63) is 6.20 Å². The van der Waals surface area contributed by atoms with Crippen molar-refractivity contribution in [2.45, 2.75) is 13.0 Å². The van der Waals surface area contributed by atoms with Gasteiger partial charge in [-0.15, -0.1) is 0 Å². The minimum atomic E-state index is -0.548. The molecule has 0 aromatic carbocycles. The van der Waals surface area contributed by atoms with E-state index in [4.69, 9.17) is 5.84 Å². The summed E-state index contributed by atoms with van der Waals surface area (Å²) in [7, 11) is 1.32. The van der Waals surface area contributed by atoms with Crippen LogP contribution in [0.25, 0.3) is 11.0 Å². The van der Waals surface area contributed by atoms with Crippen LogP contribution in [-0.4, -0.2) is 39.3 Å². The summed E-state index contributed by atoms with van der Waals surface area (Å²) in [5, 5.41) is 10.1. The van der Waals surface area contributed by atoms with E-state index in [-0.39, 0.29) is 5.95 Å². The summed E-state index contributed by atoms with van der Waals surface area (Å²) in [6.45, 7) is 1.66. The molecule has 18 heavy (non-hydrogen) atoms. The van der Waals surface area contributed by atoms with E-state index in [1.165, 1.54) is 7.11 Å². The molecule has 96 valence electrons. The highest BCUT2D eigenvalue weighted by Gasteiger charge is 2.16. The number of carbonyl (C=O) groups excluding carboxylic acids is 1. The molecular formula is C9H13N7O2. The highest BCUT2D eigenvalue weighted by atomic mass is 16.5. The number of nitrogens with zero attached hydrogens (tertiary/aromatic N) is 3. The van der Waals surface area contributed by atoms with Crippen LogP contribution in [0.4, 0.5) is 11.8 Å². The molecule has 0 aliphatic carbocycles. The average Bonchev–Trinajstić information content (AvgIpc) is 2.85. The molecule has 9 heteroatoms. The van der Waals surface area contributed by atoms with Gasteiger partial charge in [0.1, 0.15) is 11.9 Å². The molecule has 0 aliphatic heterocycles. The number of aromatic nitrogens is 4. The lowest BCUT2D eigenvalue weighted by molar-refractivity contribution is -0.141. The Bertz CT molecular complexity index is 567. The molecule has 2 aromatic rings. The molecule has 0 aliphatic rings. The maximum absolute atomic E-state index is 11.4. The SMILES string of the molecule is COC(=O)C(C)Nc1nc(NN)nc2[nH]ncc12. The van der Waals surface area contributed by atoms with Crippen molar-refractivity contribution < 1.29 is 9.53 Å². The molecule has 2 rings (SSSR count). The number of esters is 1. The van der Waals surface area contributed by atoms with Crippen LogP contribution >= 0.6 is 0 Å². The summed E-state index contributed by atoms with van der Waals surface area (Å²) < 4.78 is 4.63. The second-order valence-corrected chi connectivity index (χ2v) is 3.56. The van der Waals surface area contributed by atoms with Crippen molar-refractivity contribution >= 4 is 28.8 Å². The zero-order chi connectivity index (χ0) is 13.1. The molecular weight excluding hydrogens is 238 g/mol. The van der Waals surface area contributed by atoms with Gasteiger partial charge in [-0.3, -0.25) is 10.5 Å². The second-order valence-electron chi connectivity index (χ2n) is 3.56. The number of rotatable bonds is 4. The normalized spacial score (nSPS) is 12.2. The number of nitrogens with two attached hydrogens (primary N) is 1. The quantitative estimate of drug-likeness (QED) is 0.328. The van der Waals surface area contributed by atoms with Crippen molar-refractivity contribution in [2.75, 3.05) is 17.9 Å². The lowest BCUT2D eigenvalue weighted by atomic mass is 10.3.